The molecular weight excluding hydrogens is 350 g/mol. The second-order valence-electron chi connectivity index (χ2n) is 6.73. The third-order valence-electron chi connectivity index (χ3n) is 4.99. The van der Waals surface area contributed by atoms with Crippen LogP contribution in [0.1, 0.15) is 23.1 Å². The van der Waals surface area contributed by atoms with Crippen LogP contribution in [0.3, 0.4) is 0 Å². The molecule has 1 aromatic heterocycles. The molecule has 1 N–H and O–H groups in total. The van der Waals surface area contributed by atoms with Crippen LogP contribution in [0, 0.1) is 0 Å². The van der Waals surface area contributed by atoms with Crippen LogP contribution in [0.15, 0.2) is 41.4 Å². The molecular formula is C19H23N3O3S. The second-order valence-corrected chi connectivity index (χ2v) is 8.50. The molecule has 1 aromatic carbocycles. The van der Waals surface area contributed by atoms with E-state index in [9.17, 15) is 8.42 Å². The Balaban J connectivity index is 1.41. The molecule has 0 amide bonds. The van der Waals surface area contributed by atoms with Crippen molar-refractivity contribution in [2.75, 3.05) is 31.2 Å². The Labute approximate surface area is 154 Å². The highest BCUT2D eigenvalue weighted by atomic mass is 32.2. The topological polar surface area (TPSA) is 71.5 Å². The lowest BCUT2D eigenvalue weighted by molar-refractivity contribution is 0.122. The minimum Gasteiger partial charge on any atom is -0.378 e. The summed E-state index contributed by atoms with van der Waals surface area (Å²) in [7, 11) is -3.52. The fraction of sp³-hybridized carbons (Fsp3) is 0.421. The molecule has 2 aromatic rings. The van der Waals surface area contributed by atoms with Gasteiger partial charge in [0.05, 0.1) is 18.1 Å². The zero-order chi connectivity index (χ0) is 18.0. The van der Waals surface area contributed by atoms with Crippen LogP contribution in [0.25, 0.3) is 0 Å². The average molecular weight is 373 g/mol. The smallest absolute Gasteiger partial charge is 0.240 e. The van der Waals surface area contributed by atoms with E-state index in [0.717, 1.165) is 49.3 Å². The first kappa shape index (κ1) is 17.5. The van der Waals surface area contributed by atoms with E-state index in [1.54, 1.807) is 12.3 Å². The van der Waals surface area contributed by atoms with E-state index < -0.39 is 10.0 Å². The predicted molar refractivity (Wildman–Crippen MR) is 99.8 cm³/mol. The van der Waals surface area contributed by atoms with Crippen molar-refractivity contribution in [3.63, 3.8) is 0 Å². The Morgan fingerprint density at radius 1 is 1.08 bits per heavy atom. The van der Waals surface area contributed by atoms with E-state index in [2.05, 4.69) is 14.6 Å². The molecule has 1 aliphatic heterocycles. The largest absolute Gasteiger partial charge is 0.378 e. The van der Waals surface area contributed by atoms with Crippen LogP contribution in [0.4, 0.5) is 5.82 Å². The fourth-order valence-electron chi connectivity index (χ4n) is 3.48. The minimum absolute atomic E-state index is 0.232. The van der Waals surface area contributed by atoms with Crippen molar-refractivity contribution >= 4 is 15.8 Å². The number of hydrogen-bond donors (Lipinski definition) is 1. The van der Waals surface area contributed by atoms with Crippen molar-refractivity contribution in [2.24, 2.45) is 0 Å². The zero-order valence-corrected chi connectivity index (χ0v) is 15.5. The number of pyridine rings is 1. The van der Waals surface area contributed by atoms with E-state index >= 15 is 0 Å². The molecule has 1 aliphatic carbocycles. The molecule has 6 nitrogen and oxygen atoms in total. The molecule has 2 aliphatic rings. The molecule has 0 atom stereocenters. The number of fused-ring (bicyclic) bond motifs is 1. The van der Waals surface area contributed by atoms with Gasteiger partial charge in [-0.25, -0.2) is 18.1 Å². The number of anilines is 1. The van der Waals surface area contributed by atoms with Gasteiger partial charge in [-0.2, -0.15) is 0 Å². The van der Waals surface area contributed by atoms with E-state index in [1.807, 2.05) is 24.3 Å². The summed E-state index contributed by atoms with van der Waals surface area (Å²) >= 11 is 0. The summed E-state index contributed by atoms with van der Waals surface area (Å²) < 4.78 is 33.2. The number of nitrogens with zero attached hydrogens (tertiary/aromatic N) is 2. The van der Waals surface area contributed by atoms with Gasteiger partial charge in [-0.3, -0.25) is 0 Å². The van der Waals surface area contributed by atoms with Crippen molar-refractivity contribution in [1.29, 1.82) is 0 Å². The molecule has 2 heterocycles. The summed E-state index contributed by atoms with van der Waals surface area (Å²) in [6.45, 7) is 3.32. The highest BCUT2D eigenvalue weighted by Gasteiger charge is 2.18. The Morgan fingerprint density at radius 2 is 1.88 bits per heavy atom. The first-order valence-electron chi connectivity index (χ1n) is 9.01. The number of hydrogen-bond acceptors (Lipinski definition) is 5. The van der Waals surface area contributed by atoms with Gasteiger partial charge in [-0.1, -0.05) is 12.1 Å². The number of aryl methyl sites for hydroxylation is 2. The fourth-order valence-corrected chi connectivity index (χ4v) is 4.55. The van der Waals surface area contributed by atoms with E-state index in [-0.39, 0.29) is 6.54 Å². The first-order valence-corrected chi connectivity index (χ1v) is 10.5. The third kappa shape index (κ3) is 3.75. The maximum absolute atomic E-state index is 12.6. The monoisotopic (exact) mass is 373 g/mol. The van der Waals surface area contributed by atoms with Crippen molar-refractivity contribution in [3.8, 4) is 0 Å². The molecule has 1 saturated heterocycles. The number of ether oxygens (including phenoxy) is 1. The summed E-state index contributed by atoms with van der Waals surface area (Å²) in [6, 6.07) is 9.31. The second kappa shape index (κ2) is 7.34. The number of benzene rings is 1. The molecule has 7 heteroatoms. The molecule has 0 spiro atoms. The summed E-state index contributed by atoms with van der Waals surface area (Å²) in [5.74, 6) is 0.901. The third-order valence-corrected chi connectivity index (χ3v) is 6.39. The predicted octanol–water partition coefficient (Wildman–Crippen LogP) is 1.89. The molecule has 4 rings (SSSR count). The number of aromatic nitrogens is 1. The summed E-state index contributed by atoms with van der Waals surface area (Å²) in [4.78, 5) is 6.97. The van der Waals surface area contributed by atoms with Crippen LogP contribution in [-0.4, -0.2) is 39.7 Å². The standard InChI is InChI=1S/C19H23N3O3S/c23-26(24,18-6-5-16-2-1-3-17(16)12-18)21-14-15-4-7-19(20-13-15)22-8-10-25-11-9-22/h4-7,12-13,21H,1-3,8-11,14H2. The lowest BCUT2D eigenvalue weighted by atomic mass is 10.1. The molecule has 0 radical (unpaired) electrons. The Kier molecular flexibility index (Phi) is 4.93. The average Bonchev–Trinajstić information content (AvgIpc) is 3.15. The van der Waals surface area contributed by atoms with Crippen LogP contribution in [-0.2, 0) is 34.1 Å². The molecule has 26 heavy (non-hydrogen) atoms. The van der Waals surface area contributed by atoms with Crippen LogP contribution in [0.2, 0.25) is 0 Å². The summed E-state index contributed by atoms with van der Waals surface area (Å²) in [5.41, 5.74) is 3.27. The van der Waals surface area contributed by atoms with Gasteiger partial charge in [0.2, 0.25) is 10.0 Å². The Hall–Kier alpha value is -1.96. The van der Waals surface area contributed by atoms with Gasteiger partial charge in [0.25, 0.3) is 0 Å². The zero-order valence-electron chi connectivity index (χ0n) is 14.6. The number of nitrogens with one attached hydrogen (secondary N) is 1. The van der Waals surface area contributed by atoms with Gasteiger partial charge < -0.3 is 9.64 Å². The lowest BCUT2D eigenvalue weighted by Gasteiger charge is -2.27. The van der Waals surface area contributed by atoms with Gasteiger partial charge in [0.15, 0.2) is 0 Å². The number of rotatable bonds is 5. The Morgan fingerprint density at radius 3 is 2.65 bits per heavy atom. The van der Waals surface area contributed by atoms with Gasteiger partial charge in [-0.05, 0) is 54.2 Å². The molecule has 1 fully saturated rings. The minimum atomic E-state index is -3.52. The number of sulfonamides is 1. The van der Waals surface area contributed by atoms with Gasteiger partial charge in [0, 0.05) is 25.8 Å². The molecule has 138 valence electrons. The summed E-state index contributed by atoms with van der Waals surface area (Å²) in [5, 5.41) is 0. The van der Waals surface area contributed by atoms with Crippen molar-refractivity contribution in [3.05, 3.63) is 53.2 Å². The van der Waals surface area contributed by atoms with Crippen LogP contribution in [0.5, 0.6) is 0 Å². The SMILES string of the molecule is O=S(=O)(NCc1ccc(N2CCOCC2)nc1)c1ccc2c(c1)CCC2. The lowest BCUT2D eigenvalue weighted by Crippen LogP contribution is -2.36. The maximum atomic E-state index is 12.6. The van der Waals surface area contributed by atoms with Gasteiger partial charge in [0.1, 0.15) is 5.82 Å². The van der Waals surface area contributed by atoms with Gasteiger partial charge >= 0.3 is 0 Å². The Bertz CT molecular complexity index is 875. The first-order chi connectivity index (χ1) is 12.6. The molecule has 0 saturated carbocycles. The normalized spacial score (nSPS) is 17.3. The van der Waals surface area contributed by atoms with E-state index in [1.165, 1.54) is 5.56 Å². The van der Waals surface area contributed by atoms with Crippen LogP contribution < -0.4 is 9.62 Å². The molecule has 0 unspecified atom stereocenters. The van der Waals surface area contributed by atoms with Crippen LogP contribution >= 0.6 is 0 Å². The van der Waals surface area contributed by atoms with E-state index in [4.69, 9.17) is 4.74 Å². The van der Waals surface area contributed by atoms with Crippen molar-refractivity contribution < 1.29 is 13.2 Å². The van der Waals surface area contributed by atoms with Crippen molar-refractivity contribution in [2.45, 2.75) is 30.7 Å². The van der Waals surface area contributed by atoms with Gasteiger partial charge in [-0.15, -0.1) is 0 Å². The number of morpholine rings is 1. The maximum Gasteiger partial charge on any atom is 0.240 e. The quantitative estimate of drug-likeness (QED) is 0.867. The highest BCUT2D eigenvalue weighted by Crippen LogP contribution is 2.24. The van der Waals surface area contributed by atoms with E-state index in [0.29, 0.717) is 18.1 Å². The molecule has 0 bridgehead atoms. The summed E-state index contributed by atoms with van der Waals surface area (Å²) in [6.07, 6.45) is 4.85. The highest BCUT2D eigenvalue weighted by molar-refractivity contribution is 7.89. The van der Waals surface area contributed by atoms with Crippen molar-refractivity contribution in [1.82, 2.24) is 9.71 Å².